The summed E-state index contributed by atoms with van der Waals surface area (Å²) >= 11 is 1.37. The molecule has 148 valence electrons. The van der Waals surface area contributed by atoms with Crippen LogP contribution in [-0.2, 0) is 20.7 Å². The minimum absolute atomic E-state index is 0.0210. The highest BCUT2D eigenvalue weighted by molar-refractivity contribution is 8.00. The molecular weight excluding hydrogens is 374 g/mol. The standard InChI is InChI=1S/C22H25NO4S/c1-15(27-21(24)14-28-18-12-10-17(26-2)11-13-18)22(25)23-20-9-5-7-16-6-3-4-8-19(16)20/h3-4,6,8,10-13,15,20H,5,7,9,14H2,1-2H3,(H,23,25)/t15-,20-/m0/s1. The van der Waals surface area contributed by atoms with Crippen LogP contribution in [0.1, 0.15) is 36.9 Å². The quantitative estimate of drug-likeness (QED) is 0.565. The number of methoxy groups -OCH3 is 1. The zero-order valence-electron chi connectivity index (χ0n) is 16.1. The molecule has 0 fully saturated rings. The Morgan fingerprint density at radius 1 is 1.18 bits per heavy atom. The third kappa shape index (κ3) is 5.29. The van der Waals surface area contributed by atoms with E-state index in [1.807, 2.05) is 36.4 Å². The number of hydrogen-bond acceptors (Lipinski definition) is 5. The second-order valence-corrected chi connectivity index (χ2v) is 7.80. The minimum Gasteiger partial charge on any atom is -0.497 e. The van der Waals surface area contributed by atoms with E-state index in [1.165, 1.54) is 17.3 Å². The largest absolute Gasteiger partial charge is 0.497 e. The van der Waals surface area contributed by atoms with Gasteiger partial charge in [-0.15, -0.1) is 11.8 Å². The number of nitrogens with one attached hydrogen (secondary N) is 1. The van der Waals surface area contributed by atoms with E-state index in [4.69, 9.17) is 9.47 Å². The van der Waals surface area contributed by atoms with Crippen LogP contribution >= 0.6 is 11.8 Å². The number of hydrogen-bond donors (Lipinski definition) is 1. The van der Waals surface area contributed by atoms with Gasteiger partial charge in [0.1, 0.15) is 5.75 Å². The predicted molar refractivity (Wildman–Crippen MR) is 110 cm³/mol. The molecule has 2 aromatic carbocycles. The highest BCUT2D eigenvalue weighted by Crippen LogP contribution is 2.29. The van der Waals surface area contributed by atoms with E-state index >= 15 is 0 Å². The van der Waals surface area contributed by atoms with E-state index in [0.29, 0.717) is 0 Å². The number of fused-ring (bicyclic) bond motifs is 1. The average Bonchev–Trinajstić information content (AvgIpc) is 2.73. The van der Waals surface area contributed by atoms with E-state index in [2.05, 4.69) is 17.4 Å². The van der Waals surface area contributed by atoms with Crippen LogP contribution in [0.4, 0.5) is 0 Å². The molecule has 2 atom stereocenters. The van der Waals surface area contributed by atoms with Crippen LogP contribution in [-0.4, -0.2) is 30.8 Å². The number of benzene rings is 2. The molecule has 0 spiro atoms. The zero-order valence-corrected chi connectivity index (χ0v) is 17.0. The normalized spacial score (nSPS) is 16.6. The summed E-state index contributed by atoms with van der Waals surface area (Å²) in [6, 6.07) is 15.6. The zero-order chi connectivity index (χ0) is 19.9. The highest BCUT2D eigenvalue weighted by atomic mass is 32.2. The van der Waals surface area contributed by atoms with Gasteiger partial charge in [-0.1, -0.05) is 24.3 Å². The molecule has 1 N–H and O–H groups in total. The lowest BCUT2D eigenvalue weighted by atomic mass is 9.87. The lowest BCUT2D eigenvalue weighted by Gasteiger charge is -2.27. The molecule has 6 heteroatoms. The number of rotatable bonds is 7. The number of esters is 1. The first kappa shape index (κ1) is 20.3. The van der Waals surface area contributed by atoms with Gasteiger partial charge in [0, 0.05) is 4.90 Å². The lowest BCUT2D eigenvalue weighted by Crippen LogP contribution is -2.39. The summed E-state index contributed by atoms with van der Waals surface area (Å²) in [5.41, 5.74) is 2.44. The van der Waals surface area contributed by atoms with Crippen LogP contribution in [0.15, 0.2) is 53.4 Å². The molecule has 5 nitrogen and oxygen atoms in total. The van der Waals surface area contributed by atoms with Crippen molar-refractivity contribution in [2.24, 2.45) is 0 Å². The van der Waals surface area contributed by atoms with Crippen molar-refractivity contribution in [2.45, 2.75) is 43.2 Å². The molecular formula is C22H25NO4S. The summed E-state index contributed by atoms with van der Waals surface area (Å²) in [7, 11) is 1.61. The van der Waals surface area contributed by atoms with Crippen molar-refractivity contribution in [1.82, 2.24) is 5.32 Å². The third-order valence-electron chi connectivity index (χ3n) is 4.78. The Labute approximate surface area is 169 Å². The van der Waals surface area contributed by atoms with E-state index in [-0.39, 0.29) is 17.7 Å². The summed E-state index contributed by atoms with van der Waals surface area (Å²) in [4.78, 5) is 25.5. The third-order valence-corrected chi connectivity index (χ3v) is 5.77. The first-order valence-electron chi connectivity index (χ1n) is 9.41. The molecule has 0 saturated carbocycles. The Balaban J connectivity index is 1.48. The molecule has 0 bridgehead atoms. The Morgan fingerprint density at radius 3 is 2.68 bits per heavy atom. The second kappa shape index (κ2) is 9.64. The summed E-state index contributed by atoms with van der Waals surface area (Å²) < 4.78 is 10.4. The van der Waals surface area contributed by atoms with E-state index in [1.54, 1.807) is 14.0 Å². The number of amides is 1. The van der Waals surface area contributed by atoms with E-state index in [0.717, 1.165) is 35.5 Å². The number of thioether (sulfide) groups is 1. The van der Waals surface area contributed by atoms with Gasteiger partial charge in [0.05, 0.1) is 18.9 Å². The minimum atomic E-state index is -0.821. The Hall–Kier alpha value is -2.47. The van der Waals surface area contributed by atoms with Gasteiger partial charge < -0.3 is 14.8 Å². The van der Waals surface area contributed by atoms with Crippen LogP contribution in [0.5, 0.6) is 5.75 Å². The van der Waals surface area contributed by atoms with Crippen LogP contribution in [0.3, 0.4) is 0 Å². The van der Waals surface area contributed by atoms with Crippen LogP contribution in [0, 0.1) is 0 Å². The van der Waals surface area contributed by atoms with Crippen LogP contribution < -0.4 is 10.1 Å². The van der Waals surface area contributed by atoms with Gasteiger partial charge in [-0.25, -0.2) is 0 Å². The second-order valence-electron chi connectivity index (χ2n) is 6.75. The van der Waals surface area contributed by atoms with E-state index in [9.17, 15) is 9.59 Å². The van der Waals surface area contributed by atoms with Gasteiger partial charge in [0.25, 0.3) is 5.91 Å². The van der Waals surface area contributed by atoms with Crippen molar-refractivity contribution < 1.29 is 19.1 Å². The Kier molecular flexibility index (Phi) is 6.98. The smallest absolute Gasteiger partial charge is 0.317 e. The molecule has 0 radical (unpaired) electrons. The van der Waals surface area contributed by atoms with Gasteiger partial charge in [-0.3, -0.25) is 9.59 Å². The van der Waals surface area contributed by atoms with Crippen molar-refractivity contribution in [3.05, 3.63) is 59.7 Å². The fraction of sp³-hybridized carbons (Fsp3) is 0.364. The number of carbonyl (C=O) groups excluding carboxylic acids is 2. The van der Waals surface area contributed by atoms with Gasteiger partial charge in [-0.2, -0.15) is 0 Å². The predicted octanol–water partition coefficient (Wildman–Crippen LogP) is 3.91. The fourth-order valence-electron chi connectivity index (χ4n) is 3.29. The summed E-state index contributed by atoms with van der Waals surface area (Å²) in [6.45, 7) is 1.61. The molecule has 1 amide bonds. The molecule has 2 aromatic rings. The molecule has 1 aliphatic carbocycles. The first-order chi connectivity index (χ1) is 13.6. The molecule has 0 unspecified atom stereocenters. The Bertz CT molecular complexity index is 822. The van der Waals surface area contributed by atoms with Crippen LogP contribution in [0.25, 0.3) is 0 Å². The number of ether oxygens (including phenoxy) is 2. The maximum Gasteiger partial charge on any atom is 0.317 e. The maximum absolute atomic E-state index is 12.5. The summed E-state index contributed by atoms with van der Waals surface area (Å²) in [5.74, 6) is 0.245. The summed E-state index contributed by atoms with van der Waals surface area (Å²) in [6.07, 6.45) is 2.15. The van der Waals surface area contributed by atoms with Gasteiger partial charge in [0.2, 0.25) is 0 Å². The topological polar surface area (TPSA) is 64.6 Å². The van der Waals surface area contributed by atoms with Gasteiger partial charge in [0.15, 0.2) is 6.10 Å². The lowest BCUT2D eigenvalue weighted by molar-refractivity contribution is -0.152. The molecule has 0 saturated heterocycles. The summed E-state index contributed by atoms with van der Waals surface area (Å²) in [5, 5.41) is 3.03. The molecule has 3 rings (SSSR count). The average molecular weight is 400 g/mol. The monoisotopic (exact) mass is 399 g/mol. The highest BCUT2D eigenvalue weighted by Gasteiger charge is 2.25. The van der Waals surface area contributed by atoms with Crippen molar-refractivity contribution in [3.63, 3.8) is 0 Å². The maximum atomic E-state index is 12.5. The van der Waals surface area contributed by atoms with Gasteiger partial charge >= 0.3 is 5.97 Å². The van der Waals surface area contributed by atoms with Crippen molar-refractivity contribution in [1.29, 1.82) is 0 Å². The molecule has 0 aromatic heterocycles. The number of aryl methyl sites for hydroxylation is 1. The van der Waals surface area contributed by atoms with Crippen LogP contribution in [0.2, 0.25) is 0 Å². The van der Waals surface area contributed by atoms with Crippen molar-refractivity contribution in [2.75, 3.05) is 12.9 Å². The molecule has 0 heterocycles. The molecule has 28 heavy (non-hydrogen) atoms. The van der Waals surface area contributed by atoms with Gasteiger partial charge in [-0.05, 0) is 61.6 Å². The fourth-order valence-corrected chi connectivity index (χ4v) is 3.97. The SMILES string of the molecule is COc1ccc(SCC(=O)O[C@@H](C)C(=O)N[C@H]2CCCc3ccccc32)cc1. The first-order valence-corrected chi connectivity index (χ1v) is 10.4. The molecule has 0 aliphatic heterocycles. The number of carbonyl (C=O) groups is 2. The Morgan fingerprint density at radius 2 is 1.93 bits per heavy atom. The van der Waals surface area contributed by atoms with Crippen molar-refractivity contribution in [3.8, 4) is 5.75 Å². The molecule has 1 aliphatic rings. The van der Waals surface area contributed by atoms with E-state index < -0.39 is 12.1 Å². The van der Waals surface area contributed by atoms with Crippen molar-refractivity contribution >= 4 is 23.6 Å².